The third-order valence-corrected chi connectivity index (χ3v) is 4.96. The maximum absolute atomic E-state index is 5.93. The number of methoxy groups -OCH3 is 1. The summed E-state index contributed by atoms with van der Waals surface area (Å²) < 4.78 is 5.33. The van der Waals surface area contributed by atoms with Crippen molar-refractivity contribution < 1.29 is 4.74 Å². The van der Waals surface area contributed by atoms with Gasteiger partial charge in [-0.05, 0) is 36.1 Å². The molecule has 1 aliphatic heterocycles. The molecule has 7 nitrogen and oxygen atoms in total. The van der Waals surface area contributed by atoms with Crippen LogP contribution in [0, 0.1) is 0 Å². The quantitative estimate of drug-likeness (QED) is 0.683. The van der Waals surface area contributed by atoms with Crippen LogP contribution in [0.1, 0.15) is 23.6 Å². The number of aromatic nitrogens is 3. The van der Waals surface area contributed by atoms with E-state index in [1.54, 1.807) is 7.11 Å². The molecule has 3 N–H and O–H groups in total. The second-order valence-corrected chi connectivity index (χ2v) is 6.83. The number of ether oxygens (including phenoxy) is 1. The van der Waals surface area contributed by atoms with Gasteiger partial charge in [-0.15, -0.1) is 0 Å². The second kappa shape index (κ2) is 7.82. The number of nitrogens with two attached hydrogens (primary N) is 1. The van der Waals surface area contributed by atoms with Gasteiger partial charge in [0.2, 0.25) is 11.9 Å². The maximum atomic E-state index is 5.93. The van der Waals surface area contributed by atoms with Crippen LogP contribution in [0.4, 0.5) is 17.6 Å². The Morgan fingerprint density at radius 2 is 1.93 bits per heavy atom. The Hall–Kier alpha value is -3.19. The van der Waals surface area contributed by atoms with Crippen LogP contribution in [0.15, 0.2) is 48.5 Å². The Balaban J connectivity index is 1.67. The molecule has 0 fully saturated rings. The molecule has 28 heavy (non-hydrogen) atoms. The van der Waals surface area contributed by atoms with E-state index in [-0.39, 0.29) is 12.1 Å². The lowest BCUT2D eigenvalue weighted by Gasteiger charge is -2.23. The van der Waals surface area contributed by atoms with Crippen molar-refractivity contribution in [3.05, 3.63) is 65.2 Å². The summed E-state index contributed by atoms with van der Waals surface area (Å²) in [6.07, 6.45) is 0.906. The molecule has 0 spiro atoms. The third kappa shape index (κ3) is 3.48. The van der Waals surface area contributed by atoms with Gasteiger partial charge in [0.15, 0.2) is 0 Å². The molecule has 3 aromatic rings. The highest BCUT2D eigenvalue weighted by Crippen LogP contribution is 2.38. The molecule has 0 amide bonds. The molecule has 144 valence electrons. The number of hydrogen-bond acceptors (Lipinski definition) is 7. The Kier molecular flexibility index (Phi) is 5.08. The summed E-state index contributed by atoms with van der Waals surface area (Å²) in [7, 11) is 1.56. The number of fused-ring (bicyclic) bond motifs is 1. The first-order valence-corrected chi connectivity index (χ1v) is 9.37. The molecule has 2 heterocycles. The van der Waals surface area contributed by atoms with Crippen LogP contribution in [-0.4, -0.2) is 28.1 Å². The summed E-state index contributed by atoms with van der Waals surface area (Å²) in [6.45, 7) is 3.30. The topological polar surface area (TPSA) is 89.2 Å². The van der Waals surface area contributed by atoms with Crippen molar-refractivity contribution in [1.29, 1.82) is 0 Å². The minimum absolute atomic E-state index is 0.219. The van der Waals surface area contributed by atoms with E-state index in [1.807, 2.05) is 24.3 Å². The van der Waals surface area contributed by atoms with E-state index in [1.165, 1.54) is 5.56 Å². The number of nitrogens with one attached hydrogen (secondary N) is 1. The highest BCUT2D eigenvalue weighted by molar-refractivity contribution is 5.69. The van der Waals surface area contributed by atoms with Crippen LogP contribution in [0.5, 0.6) is 6.01 Å². The standard InChI is InChI=1S/C21H24N6O/c1-14-11-17-16(12-22)9-6-10-18(17)27(14)20-24-19(25-21(26-20)28-2)23-13-15-7-4-3-5-8-15/h3-10,14H,11-13,22H2,1-2H3,(H,23,24,25,26). The number of nitrogens with zero attached hydrogens (tertiary/aromatic N) is 4. The molecule has 4 rings (SSSR count). The SMILES string of the molecule is COc1nc(NCc2ccccc2)nc(N2c3cccc(CN)c3CC2C)n1. The molecule has 0 saturated heterocycles. The van der Waals surface area contributed by atoms with Crippen molar-refractivity contribution in [2.75, 3.05) is 17.3 Å². The number of anilines is 3. The molecule has 0 saturated carbocycles. The highest BCUT2D eigenvalue weighted by Gasteiger charge is 2.31. The van der Waals surface area contributed by atoms with Crippen molar-refractivity contribution in [2.24, 2.45) is 5.73 Å². The average molecular weight is 376 g/mol. The van der Waals surface area contributed by atoms with Crippen molar-refractivity contribution in [1.82, 2.24) is 15.0 Å². The Morgan fingerprint density at radius 1 is 1.11 bits per heavy atom. The third-order valence-electron chi connectivity index (χ3n) is 4.96. The molecule has 0 aliphatic carbocycles. The van der Waals surface area contributed by atoms with E-state index in [9.17, 15) is 0 Å². The van der Waals surface area contributed by atoms with Gasteiger partial charge in [-0.25, -0.2) is 0 Å². The van der Waals surface area contributed by atoms with Gasteiger partial charge in [0.1, 0.15) is 0 Å². The zero-order valence-electron chi connectivity index (χ0n) is 16.1. The fourth-order valence-electron chi connectivity index (χ4n) is 3.60. The van der Waals surface area contributed by atoms with Gasteiger partial charge in [-0.3, -0.25) is 0 Å². The largest absolute Gasteiger partial charge is 0.467 e. The number of benzene rings is 2. The molecule has 2 aromatic carbocycles. The van der Waals surface area contributed by atoms with Gasteiger partial charge in [0.05, 0.1) is 7.11 Å². The van der Waals surface area contributed by atoms with E-state index in [0.717, 1.165) is 23.2 Å². The van der Waals surface area contributed by atoms with Crippen LogP contribution >= 0.6 is 0 Å². The van der Waals surface area contributed by atoms with Crippen LogP contribution in [0.2, 0.25) is 0 Å². The summed E-state index contributed by atoms with van der Waals surface area (Å²) >= 11 is 0. The molecule has 7 heteroatoms. The summed E-state index contributed by atoms with van der Waals surface area (Å²) in [5, 5.41) is 3.27. The van der Waals surface area contributed by atoms with E-state index >= 15 is 0 Å². The van der Waals surface area contributed by atoms with Crippen LogP contribution in [0.3, 0.4) is 0 Å². The molecular formula is C21H24N6O. The van der Waals surface area contributed by atoms with Gasteiger partial charge in [0.25, 0.3) is 0 Å². The lowest BCUT2D eigenvalue weighted by molar-refractivity contribution is 0.379. The molecule has 1 unspecified atom stereocenters. The molecule has 1 aromatic heterocycles. The monoisotopic (exact) mass is 376 g/mol. The van der Waals surface area contributed by atoms with Crippen molar-refractivity contribution in [3.8, 4) is 6.01 Å². The molecule has 1 aliphatic rings. The van der Waals surface area contributed by atoms with Gasteiger partial charge >= 0.3 is 6.01 Å². The Labute approximate surface area is 164 Å². The first-order valence-electron chi connectivity index (χ1n) is 9.37. The van der Waals surface area contributed by atoms with E-state index in [0.29, 0.717) is 25.0 Å². The van der Waals surface area contributed by atoms with Crippen molar-refractivity contribution in [3.63, 3.8) is 0 Å². The van der Waals surface area contributed by atoms with Gasteiger partial charge in [0, 0.05) is 24.8 Å². The summed E-state index contributed by atoms with van der Waals surface area (Å²) in [6, 6.07) is 16.8. The van der Waals surface area contributed by atoms with Gasteiger partial charge in [-0.2, -0.15) is 15.0 Å². The fourth-order valence-corrected chi connectivity index (χ4v) is 3.60. The molecule has 1 atom stereocenters. The van der Waals surface area contributed by atoms with E-state index < -0.39 is 0 Å². The summed E-state index contributed by atoms with van der Waals surface area (Å²) in [4.78, 5) is 15.7. The molecular weight excluding hydrogens is 352 g/mol. The maximum Gasteiger partial charge on any atom is 0.322 e. The Morgan fingerprint density at radius 3 is 2.68 bits per heavy atom. The van der Waals surface area contributed by atoms with E-state index in [4.69, 9.17) is 10.5 Å². The van der Waals surface area contributed by atoms with Crippen LogP contribution in [-0.2, 0) is 19.5 Å². The molecule has 0 bridgehead atoms. The van der Waals surface area contributed by atoms with Gasteiger partial charge in [-0.1, -0.05) is 42.5 Å². The average Bonchev–Trinajstić information content (AvgIpc) is 3.08. The summed E-state index contributed by atoms with van der Waals surface area (Å²) in [5.74, 6) is 1.06. The normalized spacial score (nSPS) is 15.4. The predicted octanol–water partition coefficient (Wildman–Crippen LogP) is 3.03. The lowest BCUT2D eigenvalue weighted by atomic mass is 10.0. The highest BCUT2D eigenvalue weighted by atomic mass is 16.5. The Bertz CT molecular complexity index is 962. The fraction of sp³-hybridized carbons (Fsp3) is 0.286. The van der Waals surface area contributed by atoms with Crippen molar-refractivity contribution >= 4 is 17.6 Å². The number of hydrogen-bond donors (Lipinski definition) is 2. The smallest absolute Gasteiger partial charge is 0.322 e. The van der Waals surface area contributed by atoms with Crippen molar-refractivity contribution in [2.45, 2.75) is 32.5 Å². The first kappa shape index (κ1) is 18.2. The van der Waals surface area contributed by atoms with Crippen LogP contribution < -0.4 is 20.7 Å². The minimum atomic E-state index is 0.219. The molecule has 0 radical (unpaired) electrons. The number of rotatable bonds is 6. The lowest BCUT2D eigenvalue weighted by Crippen LogP contribution is -2.26. The summed E-state index contributed by atoms with van der Waals surface area (Å²) in [5.41, 5.74) is 10.6. The zero-order valence-corrected chi connectivity index (χ0v) is 16.1. The predicted molar refractivity (Wildman–Crippen MR) is 110 cm³/mol. The van der Waals surface area contributed by atoms with Crippen LogP contribution in [0.25, 0.3) is 0 Å². The first-order chi connectivity index (χ1) is 13.7. The minimum Gasteiger partial charge on any atom is -0.467 e. The van der Waals surface area contributed by atoms with Gasteiger partial charge < -0.3 is 20.7 Å². The van der Waals surface area contributed by atoms with E-state index in [2.05, 4.69) is 56.4 Å². The second-order valence-electron chi connectivity index (χ2n) is 6.83. The zero-order chi connectivity index (χ0) is 19.5.